The number of hydrogen-bond acceptors (Lipinski definition) is 8. The van der Waals surface area contributed by atoms with Crippen LogP contribution in [0, 0.1) is 10.8 Å². The number of carbonyl (C=O) groups excluding carboxylic acids is 3. The molecule has 0 saturated carbocycles. The van der Waals surface area contributed by atoms with Gasteiger partial charge in [0, 0.05) is 22.3 Å². The van der Waals surface area contributed by atoms with Crippen LogP contribution < -0.4 is 14.2 Å². The smallest absolute Gasteiger partial charge is 0.314 e. The van der Waals surface area contributed by atoms with Crippen LogP contribution in [0.15, 0.2) is 36.4 Å². The average molecular weight is 667 g/mol. The lowest BCUT2D eigenvalue weighted by atomic mass is 9.74. The summed E-state index contributed by atoms with van der Waals surface area (Å²) in [6.07, 6.45) is 5.75. The quantitative estimate of drug-likeness (QED) is 0.0756. The number of allylic oxidation sites excluding steroid dienone is 1. The molecule has 266 valence electrons. The maximum atomic E-state index is 13.4. The highest BCUT2D eigenvalue weighted by Gasteiger charge is 2.35. The van der Waals surface area contributed by atoms with E-state index in [2.05, 4.69) is 41.5 Å². The summed E-state index contributed by atoms with van der Waals surface area (Å²) in [5.41, 5.74) is 1.09. The first-order valence-corrected chi connectivity index (χ1v) is 17.0. The Morgan fingerprint density at radius 3 is 1.67 bits per heavy atom. The Kier molecular flexibility index (Phi) is 13.9. The number of ketones is 1. The van der Waals surface area contributed by atoms with E-state index in [0.29, 0.717) is 29.4 Å². The van der Waals surface area contributed by atoms with Gasteiger partial charge in [-0.1, -0.05) is 48.5 Å². The van der Waals surface area contributed by atoms with Crippen molar-refractivity contribution >= 4 is 23.8 Å². The van der Waals surface area contributed by atoms with E-state index in [1.807, 2.05) is 13.0 Å². The van der Waals surface area contributed by atoms with Crippen LogP contribution in [0.4, 0.5) is 0 Å². The second-order valence-corrected chi connectivity index (χ2v) is 15.5. The van der Waals surface area contributed by atoms with Gasteiger partial charge in [-0.05, 0) is 114 Å². The van der Waals surface area contributed by atoms with Gasteiger partial charge in [0.2, 0.25) is 13.6 Å². The van der Waals surface area contributed by atoms with Gasteiger partial charge < -0.3 is 23.7 Å². The summed E-state index contributed by atoms with van der Waals surface area (Å²) in [5.74, 6) is 0.876. The van der Waals surface area contributed by atoms with Gasteiger partial charge in [0.15, 0.2) is 5.78 Å². The number of benzene rings is 2. The number of rotatable bonds is 16. The summed E-state index contributed by atoms with van der Waals surface area (Å²) >= 11 is 0. The third kappa shape index (κ3) is 10.9. The zero-order valence-electron chi connectivity index (χ0n) is 31.6. The highest BCUT2D eigenvalue weighted by molar-refractivity contribution is 6.07. The van der Waals surface area contributed by atoms with Crippen LogP contribution >= 0.6 is 0 Å². The Morgan fingerprint density at radius 1 is 0.667 bits per heavy atom. The van der Waals surface area contributed by atoms with Crippen molar-refractivity contribution in [2.24, 2.45) is 10.8 Å². The SMILES string of the molecule is CCCOc1c(/C=C/C(=O)c2ccc(OCOC(=O)C(C)(C)C)cc2)cc(C(C)(C)CC)c(OCOC(=O)C(C)(C)C)c1C(C)(C)CC. The fourth-order valence-electron chi connectivity index (χ4n) is 4.49. The summed E-state index contributed by atoms with van der Waals surface area (Å²) < 4.78 is 29.1. The zero-order chi connectivity index (χ0) is 36.5. The van der Waals surface area contributed by atoms with Crippen LogP contribution in [-0.4, -0.2) is 37.9 Å². The molecule has 0 bridgehead atoms. The van der Waals surface area contributed by atoms with Gasteiger partial charge in [-0.15, -0.1) is 0 Å². The molecule has 0 aliphatic heterocycles. The van der Waals surface area contributed by atoms with Crippen molar-refractivity contribution in [2.45, 2.75) is 120 Å². The molecule has 0 fully saturated rings. The third-order valence-corrected chi connectivity index (χ3v) is 8.47. The molecule has 0 aromatic heterocycles. The van der Waals surface area contributed by atoms with Gasteiger partial charge in [0.1, 0.15) is 17.2 Å². The molecule has 8 heteroatoms. The van der Waals surface area contributed by atoms with Crippen molar-refractivity contribution in [3.8, 4) is 17.2 Å². The summed E-state index contributed by atoms with van der Waals surface area (Å²) in [6, 6.07) is 8.73. The van der Waals surface area contributed by atoms with Crippen molar-refractivity contribution < 1.29 is 38.1 Å². The van der Waals surface area contributed by atoms with Crippen LogP contribution in [0.5, 0.6) is 17.2 Å². The molecule has 0 amide bonds. The molecular formula is C40H58O8. The van der Waals surface area contributed by atoms with Crippen molar-refractivity contribution in [1.82, 2.24) is 0 Å². The van der Waals surface area contributed by atoms with Crippen LogP contribution in [-0.2, 0) is 29.9 Å². The molecule has 0 atom stereocenters. The lowest BCUT2D eigenvalue weighted by Gasteiger charge is -2.35. The number of ether oxygens (including phenoxy) is 5. The lowest BCUT2D eigenvalue weighted by Crippen LogP contribution is -2.27. The molecule has 0 N–H and O–H groups in total. The minimum absolute atomic E-state index is 0.191. The lowest BCUT2D eigenvalue weighted by molar-refractivity contribution is -0.160. The van der Waals surface area contributed by atoms with E-state index in [1.54, 1.807) is 78.0 Å². The fraction of sp³-hybridized carbons (Fsp3) is 0.575. The van der Waals surface area contributed by atoms with E-state index < -0.39 is 10.8 Å². The van der Waals surface area contributed by atoms with Crippen LogP contribution in [0.25, 0.3) is 6.08 Å². The van der Waals surface area contributed by atoms with E-state index in [4.69, 9.17) is 23.7 Å². The number of esters is 2. The highest BCUT2D eigenvalue weighted by atomic mass is 16.7. The Balaban J connectivity index is 2.57. The Morgan fingerprint density at radius 2 is 1.19 bits per heavy atom. The first-order chi connectivity index (χ1) is 22.2. The molecule has 2 aromatic carbocycles. The molecule has 0 heterocycles. The van der Waals surface area contributed by atoms with Gasteiger partial charge in [0.05, 0.1) is 17.4 Å². The molecule has 8 nitrogen and oxygen atoms in total. The Hall–Kier alpha value is -3.81. The zero-order valence-corrected chi connectivity index (χ0v) is 31.6. The van der Waals surface area contributed by atoms with Crippen LogP contribution in [0.3, 0.4) is 0 Å². The molecule has 0 saturated heterocycles. The van der Waals surface area contributed by atoms with Gasteiger partial charge in [-0.3, -0.25) is 14.4 Å². The van der Waals surface area contributed by atoms with E-state index in [-0.39, 0.29) is 42.1 Å². The predicted molar refractivity (Wildman–Crippen MR) is 191 cm³/mol. The monoisotopic (exact) mass is 666 g/mol. The van der Waals surface area contributed by atoms with Crippen molar-refractivity contribution in [2.75, 3.05) is 20.2 Å². The van der Waals surface area contributed by atoms with Gasteiger partial charge >= 0.3 is 11.9 Å². The average Bonchev–Trinajstić information content (AvgIpc) is 3.01. The minimum atomic E-state index is -0.661. The molecule has 48 heavy (non-hydrogen) atoms. The second kappa shape index (κ2) is 16.5. The van der Waals surface area contributed by atoms with E-state index in [0.717, 1.165) is 36.0 Å². The Labute approximate surface area is 288 Å². The standard InChI is InChI=1S/C40H58O8/c1-14-23-44-33-28(19-22-31(41)27-17-20-29(21-18-27)45-25-47-35(42)37(4,5)6)24-30(39(10,11)15-2)34(32(33)40(12,13)16-3)46-26-48-36(43)38(7,8)9/h17-22,24H,14-16,23,25-26H2,1-13H3/b22-19+. The number of carbonyl (C=O) groups is 3. The van der Waals surface area contributed by atoms with Crippen LogP contribution in [0.1, 0.15) is 136 Å². The number of hydrogen-bond donors (Lipinski definition) is 0. The highest BCUT2D eigenvalue weighted by Crippen LogP contribution is 2.49. The molecule has 0 aliphatic carbocycles. The predicted octanol–water partition coefficient (Wildman–Crippen LogP) is 9.60. The summed E-state index contributed by atoms with van der Waals surface area (Å²) in [5, 5.41) is 0. The first-order valence-electron chi connectivity index (χ1n) is 17.0. The minimum Gasteiger partial charge on any atom is -0.493 e. The van der Waals surface area contributed by atoms with Gasteiger partial charge in [-0.2, -0.15) is 0 Å². The van der Waals surface area contributed by atoms with Crippen LogP contribution in [0.2, 0.25) is 0 Å². The first kappa shape index (κ1) is 40.4. The van der Waals surface area contributed by atoms with Crippen molar-refractivity contribution in [3.63, 3.8) is 0 Å². The third-order valence-electron chi connectivity index (χ3n) is 8.47. The van der Waals surface area contributed by atoms with E-state index >= 15 is 0 Å². The normalized spacial score (nSPS) is 12.5. The van der Waals surface area contributed by atoms with E-state index in [9.17, 15) is 14.4 Å². The molecule has 2 aromatic rings. The van der Waals surface area contributed by atoms with E-state index in [1.165, 1.54) is 0 Å². The van der Waals surface area contributed by atoms with Gasteiger partial charge in [0.25, 0.3) is 0 Å². The molecule has 0 aliphatic rings. The summed E-state index contributed by atoms with van der Waals surface area (Å²) in [7, 11) is 0. The molecule has 2 rings (SSSR count). The largest absolute Gasteiger partial charge is 0.493 e. The van der Waals surface area contributed by atoms with Gasteiger partial charge in [-0.25, -0.2) is 0 Å². The van der Waals surface area contributed by atoms with Crippen molar-refractivity contribution in [1.29, 1.82) is 0 Å². The second-order valence-electron chi connectivity index (χ2n) is 15.5. The van der Waals surface area contributed by atoms with Crippen molar-refractivity contribution in [3.05, 3.63) is 58.7 Å². The molecule has 0 radical (unpaired) electrons. The maximum Gasteiger partial charge on any atom is 0.314 e. The fourth-order valence-corrected chi connectivity index (χ4v) is 4.49. The molecule has 0 spiro atoms. The molecule has 0 unspecified atom stereocenters. The summed E-state index contributed by atoms with van der Waals surface area (Å²) in [6.45, 7) is 25.6. The maximum absolute atomic E-state index is 13.4. The topological polar surface area (TPSA) is 97.4 Å². The molecular weight excluding hydrogens is 608 g/mol. The summed E-state index contributed by atoms with van der Waals surface area (Å²) in [4.78, 5) is 38.0. The Bertz CT molecular complexity index is 1430.